The topological polar surface area (TPSA) is 80.0 Å². The summed E-state index contributed by atoms with van der Waals surface area (Å²) >= 11 is 2.00. The van der Waals surface area contributed by atoms with Gasteiger partial charge in [-0.1, -0.05) is 0 Å². The van der Waals surface area contributed by atoms with Crippen molar-refractivity contribution in [2.45, 2.75) is 24.5 Å². The van der Waals surface area contributed by atoms with Gasteiger partial charge in [0.25, 0.3) is 0 Å². The Morgan fingerprint density at radius 1 is 1.39 bits per heavy atom. The van der Waals surface area contributed by atoms with Crippen LogP contribution in [0.1, 0.15) is 19.8 Å². The Bertz CT molecular complexity index is 416. The maximum Gasteiger partial charge on any atom is 0.231 e. The molecule has 0 radical (unpaired) electrons. The van der Waals surface area contributed by atoms with E-state index < -0.39 is 0 Å². The van der Waals surface area contributed by atoms with Gasteiger partial charge in [-0.05, 0) is 25.5 Å². The van der Waals surface area contributed by atoms with Crippen LogP contribution in [-0.2, 0) is 0 Å². The summed E-state index contributed by atoms with van der Waals surface area (Å²) < 4.78 is 0.277. The van der Waals surface area contributed by atoms with Crippen molar-refractivity contribution >= 4 is 29.6 Å². The number of thioether (sulfide) groups is 1. The minimum Gasteiger partial charge on any atom is -0.368 e. The van der Waals surface area contributed by atoms with Gasteiger partial charge in [-0.15, -0.1) is 0 Å². The number of nitrogen functional groups attached to an aromatic ring is 1. The quantitative estimate of drug-likeness (QED) is 0.849. The second-order valence-electron chi connectivity index (χ2n) is 4.97. The number of hydrogen-bond donors (Lipinski definition) is 2. The van der Waals surface area contributed by atoms with Gasteiger partial charge in [-0.3, -0.25) is 0 Å². The van der Waals surface area contributed by atoms with Crippen molar-refractivity contribution in [3.63, 3.8) is 0 Å². The molecule has 1 fully saturated rings. The van der Waals surface area contributed by atoms with Gasteiger partial charge < -0.3 is 16.0 Å². The van der Waals surface area contributed by atoms with Crippen LogP contribution in [0.4, 0.5) is 17.8 Å². The molecule has 7 heteroatoms. The maximum atomic E-state index is 5.68. The van der Waals surface area contributed by atoms with E-state index in [0.717, 1.165) is 6.54 Å². The summed E-state index contributed by atoms with van der Waals surface area (Å²) in [7, 11) is 3.76. The van der Waals surface area contributed by atoms with Crippen molar-refractivity contribution in [3.05, 3.63) is 0 Å². The average Bonchev–Trinajstić information content (AvgIpc) is 2.73. The first-order valence-corrected chi connectivity index (χ1v) is 7.04. The van der Waals surface area contributed by atoms with Crippen molar-refractivity contribution in [2.75, 3.05) is 42.3 Å². The Morgan fingerprint density at radius 2 is 2.17 bits per heavy atom. The fourth-order valence-corrected chi connectivity index (χ4v) is 3.15. The molecule has 0 bridgehead atoms. The van der Waals surface area contributed by atoms with Crippen LogP contribution in [0.25, 0.3) is 0 Å². The molecule has 2 rings (SSSR count). The van der Waals surface area contributed by atoms with E-state index in [2.05, 4.69) is 27.2 Å². The highest BCUT2D eigenvalue weighted by molar-refractivity contribution is 8.00. The summed E-state index contributed by atoms with van der Waals surface area (Å²) in [6, 6.07) is 0. The number of aromatic nitrogens is 3. The number of anilines is 3. The average molecular weight is 268 g/mol. The van der Waals surface area contributed by atoms with Crippen molar-refractivity contribution in [3.8, 4) is 0 Å². The van der Waals surface area contributed by atoms with E-state index in [4.69, 9.17) is 5.73 Å². The molecule has 1 aliphatic rings. The summed E-state index contributed by atoms with van der Waals surface area (Å²) in [5, 5.41) is 3.27. The highest BCUT2D eigenvalue weighted by Gasteiger charge is 2.29. The second kappa shape index (κ2) is 5.17. The number of hydrogen-bond acceptors (Lipinski definition) is 7. The Labute approximate surface area is 112 Å². The highest BCUT2D eigenvalue weighted by Crippen LogP contribution is 2.37. The van der Waals surface area contributed by atoms with E-state index in [9.17, 15) is 0 Å². The van der Waals surface area contributed by atoms with Gasteiger partial charge in [0.15, 0.2) is 0 Å². The van der Waals surface area contributed by atoms with Crippen LogP contribution >= 0.6 is 11.8 Å². The van der Waals surface area contributed by atoms with Gasteiger partial charge in [0.05, 0.1) is 0 Å². The van der Waals surface area contributed by atoms with Crippen LogP contribution in [-0.4, -0.2) is 46.1 Å². The van der Waals surface area contributed by atoms with E-state index in [1.807, 2.05) is 30.8 Å². The summed E-state index contributed by atoms with van der Waals surface area (Å²) in [5.41, 5.74) is 5.68. The number of nitrogens with two attached hydrogens (primary N) is 1. The summed E-state index contributed by atoms with van der Waals surface area (Å²) in [6.07, 6.45) is 2.51. The molecule has 0 aromatic carbocycles. The van der Waals surface area contributed by atoms with Gasteiger partial charge in [-0.25, -0.2) is 0 Å². The van der Waals surface area contributed by atoms with Gasteiger partial charge in [0, 0.05) is 25.4 Å². The molecule has 0 saturated carbocycles. The maximum absolute atomic E-state index is 5.68. The highest BCUT2D eigenvalue weighted by atomic mass is 32.2. The molecule has 1 unspecified atom stereocenters. The van der Waals surface area contributed by atoms with E-state index >= 15 is 0 Å². The van der Waals surface area contributed by atoms with Gasteiger partial charge in [-0.2, -0.15) is 26.7 Å². The summed E-state index contributed by atoms with van der Waals surface area (Å²) in [6.45, 7) is 3.13. The molecule has 100 valence electrons. The Kier molecular flexibility index (Phi) is 3.79. The Balaban J connectivity index is 2.04. The van der Waals surface area contributed by atoms with E-state index in [1.54, 1.807) is 0 Å². The van der Waals surface area contributed by atoms with Crippen molar-refractivity contribution in [2.24, 2.45) is 0 Å². The molecule has 1 aliphatic heterocycles. The van der Waals surface area contributed by atoms with Gasteiger partial charge in [0.1, 0.15) is 0 Å². The fourth-order valence-electron chi connectivity index (χ4n) is 1.90. The van der Waals surface area contributed by atoms with Crippen LogP contribution in [0.15, 0.2) is 0 Å². The monoisotopic (exact) mass is 268 g/mol. The molecule has 18 heavy (non-hydrogen) atoms. The lowest BCUT2D eigenvalue weighted by molar-refractivity contribution is 0.632. The molecule has 0 aliphatic carbocycles. The normalized spacial score (nSPS) is 23.1. The smallest absolute Gasteiger partial charge is 0.231 e. The van der Waals surface area contributed by atoms with E-state index in [1.165, 1.54) is 18.6 Å². The molecule has 1 aromatic heterocycles. The van der Waals surface area contributed by atoms with Crippen LogP contribution in [0.3, 0.4) is 0 Å². The third-order valence-corrected chi connectivity index (χ3v) is 4.50. The predicted molar refractivity (Wildman–Crippen MR) is 77.2 cm³/mol. The lowest BCUT2D eigenvalue weighted by Crippen LogP contribution is -2.28. The molecule has 1 atom stereocenters. The van der Waals surface area contributed by atoms with Crippen LogP contribution < -0.4 is 16.0 Å². The largest absolute Gasteiger partial charge is 0.368 e. The molecule has 0 spiro atoms. The number of nitrogens with zero attached hydrogens (tertiary/aromatic N) is 4. The van der Waals surface area contributed by atoms with Gasteiger partial charge in [0.2, 0.25) is 17.8 Å². The summed E-state index contributed by atoms with van der Waals surface area (Å²) in [4.78, 5) is 14.3. The third kappa shape index (κ3) is 3.16. The molecule has 0 amide bonds. The molecule has 1 aromatic rings. The molecule has 1 saturated heterocycles. The molecular formula is C11H20N6S. The second-order valence-corrected chi connectivity index (χ2v) is 6.65. The fraction of sp³-hybridized carbons (Fsp3) is 0.727. The first-order chi connectivity index (χ1) is 8.48. The van der Waals surface area contributed by atoms with Crippen molar-refractivity contribution < 1.29 is 0 Å². The summed E-state index contributed by atoms with van der Waals surface area (Å²) in [5.74, 6) is 2.62. The minimum atomic E-state index is 0.250. The third-order valence-electron chi connectivity index (χ3n) is 2.96. The zero-order valence-corrected chi connectivity index (χ0v) is 11.9. The van der Waals surface area contributed by atoms with E-state index in [-0.39, 0.29) is 10.7 Å². The first-order valence-electron chi connectivity index (χ1n) is 6.05. The Hall–Kier alpha value is -1.24. The standard InChI is InChI=1S/C11H20N6S/c1-11(5-4-6-18-11)7-13-9-14-8(12)15-10(16-9)17(2)3/h4-7H2,1-3H3,(H3,12,13,14,15,16). The lowest BCUT2D eigenvalue weighted by Gasteiger charge is -2.23. The Morgan fingerprint density at radius 3 is 2.78 bits per heavy atom. The molecule has 2 heterocycles. The molecule has 3 N–H and O–H groups in total. The van der Waals surface area contributed by atoms with Crippen LogP contribution in [0.5, 0.6) is 0 Å². The van der Waals surface area contributed by atoms with Crippen LogP contribution in [0, 0.1) is 0 Å². The van der Waals surface area contributed by atoms with Crippen molar-refractivity contribution in [1.82, 2.24) is 15.0 Å². The van der Waals surface area contributed by atoms with Gasteiger partial charge >= 0.3 is 0 Å². The lowest BCUT2D eigenvalue weighted by atomic mass is 10.1. The number of rotatable bonds is 4. The zero-order valence-electron chi connectivity index (χ0n) is 11.1. The predicted octanol–water partition coefficient (Wildman–Crippen LogP) is 1.22. The molecule has 6 nitrogen and oxygen atoms in total. The van der Waals surface area contributed by atoms with Crippen molar-refractivity contribution in [1.29, 1.82) is 0 Å². The number of nitrogens with one attached hydrogen (secondary N) is 1. The minimum absolute atomic E-state index is 0.250. The first kappa shape index (κ1) is 13.2. The SMILES string of the molecule is CN(C)c1nc(N)nc(NCC2(C)CCCS2)n1. The van der Waals surface area contributed by atoms with Crippen LogP contribution in [0.2, 0.25) is 0 Å². The van der Waals surface area contributed by atoms with E-state index in [0.29, 0.717) is 11.9 Å². The zero-order chi connectivity index (χ0) is 13.2. The molecular weight excluding hydrogens is 248 g/mol.